The molecule has 3 aliphatic rings. The number of H-pyrrole nitrogens is 1. The fourth-order valence-corrected chi connectivity index (χ4v) is 4.44. The van der Waals surface area contributed by atoms with E-state index in [2.05, 4.69) is 39.2 Å². The van der Waals surface area contributed by atoms with Crippen molar-refractivity contribution in [2.24, 2.45) is 5.92 Å². The number of nitrogens with one attached hydrogen (secondary N) is 2. The molecule has 1 unspecified atom stereocenters. The van der Waals surface area contributed by atoms with Gasteiger partial charge in [-0.25, -0.2) is 0 Å². The number of aryl methyl sites for hydroxylation is 1. The molecular formula is C18H21BrN2O2. The molecule has 0 radical (unpaired) electrons. The van der Waals surface area contributed by atoms with E-state index in [0.717, 1.165) is 46.1 Å². The fourth-order valence-electron chi connectivity index (χ4n) is 4.08. The molecule has 2 bridgehead atoms. The summed E-state index contributed by atoms with van der Waals surface area (Å²) in [5.41, 5.74) is 3.10. The van der Waals surface area contributed by atoms with Crippen LogP contribution in [0.2, 0.25) is 0 Å². The molecule has 1 atom stereocenters. The first-order chi connectivity index (χ1) is 11.0. The molecular weight excluding hydrogens is 356 g/mol. The third kappa shape index (κ3) is 2.50. The van der Waals surface area contributed by atoms with Crippen molar-refractivity contribution in [3.05, 3.63) is 33.9 Å². The summed E-state index contributed by atoms with van der Waals surface area (Å²) in [5, 5.41) is 4.27. The Kier molecular flexibility index (Phi) is 3.54. The highest BCUT2D eigenvalue weighted by molar-refractivity contribution is 9.10. The lowest BCUT2D eigenvalue weighted by Crippen LogP contribution is -2.54. The molecule has 1 saturated carbocycles. The van der Waals surface area contributed by atoms with Crippen molar-refractivity contribution in [2.45, 2.75) is 44.8 Å². The van der Waals surface area contributed by atoms with Crippen molar-refractivity contribution in [2.75, 3.05) is 6.61 Å². The van der Waals surface area contributed by atoms with Gasteiger partial charge in [-0.3, -0.25) is 4.79 Å². The quantitative estimate of drug-likeness (QED) is 0.858. The van der Waals surface area contributed by atoms with Crippen LogP contribution in [-0.2, 0) is 16.0 Å². The molecule has 1 amide bonds. The highest BCUT2D eigenvalue weighted by Crippen LogP contribution is 2.50. The average Bonchev–Trinajstić information content (AvgIpc) is 3.13. The number of hydrogen-bond acceptors (Lipinski definition) is 2. The molecule has 2 aliphatic heterocycles. The molecule has 23 heavy (non-hydrogen) atoms. The highest BCUT2D eigenvalue weighted by Gasteiger charge is 2.55. The fraction of sp³-hybridized carbons (Fsp3) is 0.500. The predicted molar refractivity (Wildman–Crippen MR) is 93.5 cm³/mol. The Labute approximate surface area is 144 Å². The van der Waals surface area contributed by atoms with Crippen LogP contribution < -0.4 is 5.32 Å². The van der Waals surface area contributed by atoms with Gasteiger partial charge in [0.2, 0.25) is 5.91 Å². The zero-order valence-electron chi connectivity index (χ0n) is 13.4. The van der Waals surface area contributed by atoms with E-state index >= 15 is 0 Å². The number of fused-ring (bicyclic) bond motifs is 2. The summed E-state index contributed by atoms with van der Waals surface area (Å²) in [5.74, 6) is 0.775. The second kappa shape index (κ2) is 5.35. The van der Waals surface area contributed by atoms with Crippen LogP contribution in [-0.4, -0.2) is 29.1 Å². The van der Waals surface area contributed by atoms with Crippen molar-refractivity contribution in [1.29, 1.82) is 0 Å². The molecule has 5 rings (SSSR count). The van der Waals surface area contributed by atoms with Gasteiger partial charge in [0.25, 0.3) is 0 Å². The number of ether oxygens (including phenoxy) is 1. The smallest absolute Gasteiger partial charge is 0.224 e. The van der Waals surface area contributed by atoms with Crippen molar-refractivity contribution in [1.82, 2.24) is 10.3 Å². The summed E-state index contributed by atoms with van der Waals surface area (Å²) in [6.07, 6.45) is 2.58. The molecule has 3 fully saturated rings. The van der Waals surface area contributed by atoms with Gasteiger partial charge in [-0.05, 0) is 56.4 Å². The van der Waals surface area contributed by atoms with Crippen LogP contribution in [0.3, 0.4) is 0 Å². The standard InChI is InChI=1S/C18H21BrN2O2/c1-10-14(15-5-13(19)3-4-16(15)20-10)6-17(22)21-11(2)18-7-12(8-18)9-23-18/h3-5,11-12,20H,6-9H2,1-2H3,(H,21,22). The molecule has 4 nitrogen and oxygen atoms in total. The molecule has 5 heteroatoms. The Morgan fingerprint density at radius 1 is 1.52 bits per heavy atom. The Hall–Kier alpha value is -1.33. The zero-order chi connectivity index (χ0) is 16.2. The van der Waals surface area contributed by atoms with Gasteiger partial charge in [0.1, 0.15) is 0 Å². The van der Waals surface area contributed by atoms with E-state index in [1.165, 1.54) is 0 Å². The van der Waals surface area contributed by atoms with E-state index in [1.807, 2.05) is 19.1 Å². The minimum absolute atomic E-state index is 0.0646. The van der Waals surface area contributed by atoms with E-state index < -0.39 is 0 Å². The van der Waals surface area contributed by atoms with Crippen LogP contribution in [0, 0.1) is 12.8 Å². The monoisotopic (exact) mass is 376 g/mol. The molecule has 1 aromatic heterocycles. The molecule has 2 aromatic rings. The topological polar surface area (TPSA) is 54.1 Å². The van der Waals surface area contributed by atoms with E-state index in [-0.39, 0.29) is 17.6 Å². The molecule has 0 spiro atoms. The molecule has 122 valence electrons. The average molecular weight is 377 g/mol. The first-order valence-corrected chi connectivity index (χ1v) is 8.96. The normalized spacial score (nSPS) is 27.0. The van der Waals surface area contributed by atoms with Gasteiger partial charge < -0.3 is 15.0 Å². The summed E-state index contributed by atoms with van der Waals surface area (Å²) >= 11 is 3.51. The maximum Gasteiger partial charge on any atom is 0.224 e. The summed E-state index contributed by atoms with van der Waals surface area (Å²) in [6.45, 7) is 4.95. The number of rotatable bonds is 4. The van der Waals surface area contributed by atoms with Gasteiger partial charge in [-0.1, -0.05) is 15.9 Å². The Bertz CT molecular complexity index is 771. The highest BCUT2D eigenvalue weighted by atomic mass is 79.9. The summed E-state index contributed by atoms with van der Waals surface area (Å²) in [7, 11) is 0. The Morgan fingerprint density at radius 2 is 2.30 bits per heavy atom. The molecule has 3 heterocycles. The van der Waals surface area contributed by atoms with Crippen LogP contribution in [0.25, 0.3) is 10.9 Å². The lowest BCUT2D eigenvalue weighted by Gasteiger charge is -2.41. The van der Waals surface area contributed by atoms with Gasteiger partial charge in [0.15, 0.2) is 0 Å². The van der Waals surface area contributed by atoms with Gasteiger partial charge in [0.05, 0.1) is 24.7 Å². The number of benzene rings is 1. The zero-order valence-corrected chi connectivity index (χ0v) is 15.0. The number of carbonyl (C=O) groups is 1. The number of amides is 1. The number of carbonyl (C=O) groups excluding carboxylic acids is 1. The largest absolute Gasteiger partial charge is 0.373 e. The van der Waals surface area contributed by atoms with Crippen LogP contribution >= 0.6 is 15.9 Å². The molecule has 1 aromatic carbocycles. The van der Waals surface area contributed by atoms with Crippen molar-refractivity contribution < 1.29 is 9.53 Å². The molecule has 2 saturated heterocycles. The van der Waals surface area contributed by atoms with Crippen molar-refractivity contribution >= 4 is 32.7 Å². The lowest BCUT2D eigenvalue weighted by molar-refractivity contribution is -0.124. The number of halogens is 1. The predicted octanol–water partition coefficient (Wildman–Crippen LogP) is 3.47. The van der Waals surface area contributed by atoms with Crippen LogP contribution in [0.4, 0.5) is 0 Å². The summed E-state index contributed by atoms with van der Waals surface area (Å²) < 4.78 is 6.92. The van der Waals surface area contributed by atoms with Crippen LogP contribution in [0.5, 0.6) is 0 Å². The van der Waals surface area contributed by atoms with Gasteiger partial charge in [-0.2, -0.15) is 0 Å². The van der Waals surface area contributed by atoms with Crippen LogP contribution in [0.15, 0.2) is 22.7 Å². The lowest BCUT2D eigenvalue weighted by atomic mass is 9.71. The number of aromatic amines is 1. The van der Waals surface area contributed by atoms with E-state index in [0.29, 0.717) is 12.3 Å². The second-order valence-corrected chi connectivity index (χ2v) is 7.95. The number of hydrogen-bond donors (Lipinski definition) is 2. The van der Waals surface area contributed by atoms with Crippen molar-refractivity contribution in [3.8, 4) is 0 Å². The van der Waals surface area contributed by atoms with Gasteiger partial charge in [-0.15, -0.1) is 0 Å². The first-order valence-electron chi connectivity index (χ1n) is 8.17. The Morgan fingerprint density at radius 3 is 3.00 bits per heavy atom. The SMILES string of the molecule is Cc1[nH]c2ccc(Br)cc2c1CC(=O)NC(C)C12CC(CO1)C2. The second-order valence-electron chi connectivity index (χ2n) is 7.03. The maximum atomic E-state index is 12.5. The minimum atomic E-state index is -0.0986. The minimum Gasteiger partial charge on any atom is -0.373 e. The number of aromatic nitrogens is 1. The molecule has 2 N–H and O–H groups in total. The third-order valence-corrected chi connectivity index (χ3v) is 5.95. The van der Waals surface area contributed by atoms with Crippen molar-refractivity contribution in [3.63, 3.8) is 0 Å². The Balaban J connectivity index is 1.50. The van der Waals surface area contributed by atoms with Gasteiger partial charge >= 0.3 is 0 Å². The third-order valence-electron chi connectivity index (χ3n) is 5.46. The summed E-state index contributed by atoms with van der Waals surface area (Å²) in [4.78, 5) is 15.9. The molecule has 1 aliphatic carbocycles. The first kappa shape index (κ1) is 15.2. The van der Waals surface area contributed by atoms with E-state index in [1.54, 1.807) is 0 Å². The summed E-state index contributed by atoms with van der Waals surface area (Å²) in [6, 6.07) is 6.19. The maximum absolute atomic E-state index is 12.5. The van der Waals surface area contributed by atoms with Crippen LogP contribution in [0.1, 0.15) is 31.0 Å². The van der Waals surface area contributed by atoms with E-state index in [4.69, 9.17) is 4.74 Å². The van der Waals surface area contributed by atoms with E-state index in [9.17, 15) is 4.79 Å². The van der Waals surface area contributed by atoms with Gasteiger partial charge in [0, 0.05) is 21.1 Å².